The first-order valence-corrected chi connectivity index (χ1v) is 5.89. The van der Waals surface area contributed by atoms with E-state index in [0.717, 1.165) is 6.07 Å². The van der Waals surface area contributed by atoms with E-state index in [2.05, 4.69) is 9.72 Å². The Morgan fingerprint density at radius 1 is 1.60 bits per heavy atom. The number of hydrogen-bond acceptors (Lipinski definition) is 8. The molecule has 2 aliphatic rings. The molecule has 9 nitrogen and oxygen atoms in total. The van der Waals surface area contributed by atoms with Crippen LogP contribution in [0.4, 0.5) is 0 Å². The summed E-state index contributed by atoms with van der Waals surface area (Å²) in [5, 5.41) is 19.0. The number of aliphatic hydroxyl groups is 2. The van der Waals surface area contributed by atoms with E-state index in [1.807, 2.05) is 0 Å². The zero-order valence-electron chi connectivity index (χ0n) is 10.4. The number of aromatic nitrogens is 2. The van der Waals surface area contributed by atoms with Crippen molar-refractivity contribution in [2.75, 3.05) is 13.7 Å². The molecule has 0 aliphatic carbocycles. The minimum absolute atomic E-state index is 0.0826. The Morgan fingerprint density at radius 3 is 3.00 bits per heavy atom. The second-order valence-corrected chi connectivity index (χ2v) is 4.44. The Hall–Kier alpha value is -1.97. The van der Waals surface area contributed by atoms with Crippen LogP contribution in [-0.4, -0.2) is 57.8 Å². The predicted molar refractivity (Wildman–Crippen MR) is 61.3 cm³/mol. The second kappa shape index (κ2) is 4.54. The number of carbonyl (C=O) groups excluding carboxylic acids is 1. The molecule has 1 saturated heterocycles. The number of hydrogen-bond donors (Lipinski definition) is 2. The van der Waals surface area contributed by atoms with Crippen LogP contribution < -0.4 is 10.3 Å². The molecular weight excluding hydrogens is 272 g/mol. The van der Waals surface area contributed by atoms with Gasteiger partial charge in [-0.1, -0.05) is 0 Å². The quantitative estimate of drug-likeness (QED) is 0.601. The first-order valence-electron chi connectivity index (χ1n) is 5.89. The highest BCUT2D eigenvalue weighted by Gasteiger charge is 2.52. The third kappa shape index (κ3) is 1.71. The number of carbonyl (C=O) groups is 1. The van der Waals surface area contributed by atoms with Crippen LogP contribution in [0.5, 0.6) is 6.01 Å². The van der Waals surface area contributed by atoms with Gasteiger partial charge in [0.25, 0.3) is 5.56 Å². The maximum Gasteiger partial charge on any atom is 0.355 e. The van der Waals surface area contributed by atoms with Gasteiger partial charge in [0.2, 0.25) is 0 Å². The molecule has 1 fully saturated rings. The highest BCUT2D eigenvalue weighted by atomic mass is 16.6. The SMILES string of the molecule is COC(=O)c1cc(=O)nc2n1[C@H]1O[C@H](CO)[C@H](O)[C@H]1O2. The van der Waals surface area contributed by atoms with Crippen molar-refractivity contribution in [2.45, 2.75) is 24.5 Å². The highest BCUT2D eigenvalue weighted by Crippen LogP contribution is 2.39. The second-order valence-electron chi connectivity index (χ2n) is 4.44. The van der Waals surface area contributed by atoms with Crippen molar-refractivity contribution in [3.63, 3.8) is 0 Å². The summed E-state index contributed by atoms with van der Waals surface area (Å²) in [6, 6.07) is 0.881. The molecule has 108 valence electrons. The summed E-state index contributed by atoms with van der Waals surface area (Å²) < 4.78 is 16.6. The van der Waals surface area contributed by atoms with E-state index >= 15 is 0 Å². The first kappa shape index (κ1) is 13.0. The molecule has 20 heavy (non-hydrogen) atoms. The van der Waals surface area contributed by atoms with Gasteiger partial charge in [-0.2, -0.15) is 4.98 Å². The topological polar surface area (TPSA) is 120 Å². The van der Waals surface area contributed by atoms with Gasteiger partial charge in [-0.3, -0.25) is 9.36 Å². The van der Waals surface area contributed by atoms with Crippen LogP contribution >= 0.6 is 0 Å². The zero-order chi connectivity index (χ0) is 14.4. The Kier molecular flexibility index (Phi) is 2.96. The lowest BCUT2D eigenvalue weighted by molar-refractivity contribution is -0.0443. The summed E-state index contributed by atoms with van der Waals surface area (Å²) in [7, 11) is 1.17. The maximum absolute atomic E-state index is 11.7. The summed E-state index contributed by atoms with van der Waals surface area (Å²) in [6.07, 6.45) is -3.61. The Balaban J connectivity index is 2.09. The third-order valence-corrected chi connectivity index (χ3v) is 3.31. The number of ether oxygens (including phenoxy) is 3. The van der Waals surface area contributed by atoms with Crippen molar-refractivity contribution in [3.8, 4) is 6.01 Å². The molecule has 0 amide bonds. The molecule has 1 aromatic rings. The fourth-order valence-corrected chi connectivity index (χ4v) is 2.39. The minimum atomic E-state index is -1.09. The largest absolute Gasteiger partial charge is 0.464 e. The summed E-state index contributed by atoms with van der Waals surface area (Å²) >= 11 is 0. The van der Waals surface area contributed by atoms with E-state index in [1.54, 1.807) is 0 Å². The third-order valence-electron chi connectivity index (χ3n) is 3.31. The highest BCUT2D eigenvalue weighted by molar-refractivity contribution is 5.87. The van der Waals surface area contributed by atoms with Crippen LogP contribution in [-0.2, 0) is 9.47 Å². The van der Waals surface area contributed by atoms with Gasteiger partial charge in [-0.15, -0.1) is 0 Å². The van der Waals surface area contributed by atoms with Gasteiger partial charge in [0, 0.05) is 6.07 Å². The Labute approximate surface area is 112 Å². The average Bonchev–Trinajstić information content (AvgIpc) is 2.93. The molecule has 9 heteroatoms. The van der Waals surface area contributed by atoms with Crippen molar-refractivity contribution in [3.05, 3.63) is 22.1 Å². The van der Waals surface area contributed by atoms with Crippen LogP contribution in [0.1, 0.15) is 16.7 Å². The summed E-state index contributed by atoms with van der Waals surface area (Å²) in [6.45, 7) is -0.395. The van der Waals surface area contributed by atoms with E-state index in [-0.39, 0.29) is 11.7 Å². The molecule has 0 saturated carbocycles. The van der Waals surface area contributed by atoms with Crippen molar-refractivity contribution >= 4 is 5.97 Å². The number of fused-ring (bicyclic) bond motifs is 3. The fraction of sp³-hybridized carbons (Fsp3) is 0.545. The normalized spacial score (nSPS) is 30.6. The van der Waals surface area contributed by atoms with Gasteiger partial charge < -0.3 is 24.4 Å². The van der Waals surface area contributed by atoms with Crippen LogP contribution in [0.15, 0.2) is 10.9 Å². The van der Waals surface area contributed by atoms with E-state index in [4.69, 9.17) is 14.6 Å². The Bertz CT molecular complexity index is 613. The molecule has 3 heterocycles. The number of rotatable bonds is 2. The van der Waals surface area contributed by atoms with Crippen LogP contribution in [0.3, 0.4) is 0 Å². The minimum Gasteiger partial charge on any atom is -0.464 e. The van der Waals surface area contributed by atoms with Gasteiger partial charge in [0.05, 0.1) is 13.7 Å². The molecular formula is C11H12N2O7. The van der Waals surface area contributed by atoms with Crippen molar-refractivity contribution in [1.29, 1.82) is 0 Å². The molecule has 0 bridgehead atoms. The van der Waals surface area contributed by atoms with Crippen LogP contribution in [0.25, 0.3) is 0 Å². The van der Waals surface area contributed by atoms with E-state index in [0.29, 0.717) is 0 Å². The van der Waals surface area contributed by atoms with Gasteiger partial charge in [0.1, 0.15) is 17.9 Å². The first-order chi connectivity index (χ1) is 9.56. The number of esters is 1. The molecule has 0 radical (unpaired) electrons. The van der Waals surface area contributed by atoms with E-state index in [9.17, 15) is 14.7 Å². The molecule has 2 N–H and O–H groups in total. The predicted octanol–water partition coefficient (Wildman–Crippen LogP) is -1.96. The standard InChI is InChI=1S/C11H12N2O7/c1-18-10(17)4-2-6(15)12-11-13(4)9-8(20-11)7(16)5(3-14)19-9/h2,5,7-9,14,16H,3H2,1H3/t5-,7+,8-,9+/m1/s1. The van der Waals surface area contributed by atoms with E-state index in [1.165, 1.54) is 11.7 Å². The van der Waals surface area contributed by atoms with Gasteiger partial charge in [-0.25, -0.2) is 4.79 Å². The average molecular weight is 284 g/mol. The molecule has 0 spiro atoms. The van der Waals surface area contributed by atoms with Crippen LogP contribution in [0.2, 0.25) is 0 Å². The maximum atomic E-state index is 11.7. The summed E-state index contributed by atoms with van der Waals surface area (Å²) in [5.74, 6) is -0.750. The molecule has 0 aromatic carbocycles. The van der Waals surface area contributed by atoms with Crippen molar-refractivity contribution < 1.29 is 29.2 Å². The molecule has 1 aromatic heterocycles. The molecule has 4 atom stereocenters. The van der Waals surface area contributed by atoms with Gasteiger partial charge in [0.15, 0.2) is 12.3 Å². The smallest absolute Gasteiger partial charge is 0.355 e. The molecule has 2 aliphatic heterocycles. The Morgan fingerprint density at radius 2 is 2.35 bits per heavy atom. The number of methoxy groups -OCH3 is 1. The van der Waals surface area contributed by atoms with Gasteiger partial charge in [-0.05, 0) is 0 Å². The zero-order valence-corrected chi connectivity index (χ0v) is 10.4. The number of aliphatic hydroxyl groups excluding tert-OH is 2. The fourth-order valence-electron chi connectivity index (χ4n) is 2.39. The van der Waals surface area contributed by atoms with Crippen molar-refractivity contribution in [2.24, 2.45) is 0 Å². The van der Waals surface area contributed by atoms with Gasteiger partial charge >= 0.3 is 12.0 Å². The molecule has 0 unspecified atom stereocenters. The van der Waals surface area contributed by atoms with Crippen molar-refractivity contribution in [1.82, 2.24) is 9.55 Å². The summed E-state index contributed by atoms with van der Waals surface area (Å²) in [4.78, 5) is 26.8. The number of nitrogens with zero attached hydrogens (tertiary/aromatic N) is 2. The molecule has 3 rings (SSSR count). The van der Waals surface area contributed by atoms with E-state index < -0.39 is 42.7 Å². The monoisotopic (exact) mass is 284 g/mol. The summed E-state index contributed by atoms with van der Waals surface area (Å²) in [5.41, 5.74) is -0.745. The lowest BCUT2D eigenvalue weighted by Gasteiger charge is -2.15. The lowest BCUT2D eigenvalue weighted by Crippen LogP contribution is -2.34. The lowest BCUT2D eigenvalue weighted by atomic mass is 10.1. The van der Waals surface area contributed by atoms with Crippen LogP contribution in [0, 0.1) is 0 Å².